The van der Waals surface area contributed by atoms with E-state index in [9.17, 15) is 8.42 Å². The van der Waals surface area contributed by atoms with Gasteiger partial charge in [0.1, 0.15) is 21.5 Å². The van der Waals surface area contributed by atoms with Crippen LogP contribution in [0.3, 0.4) is 0 Å². The van der Waals surface area contributed by atoms with Crippen LogP contribution in [0, 0.1) is 23.2 Å². The maximum absolute atomic E-state index is 11.8. The highest BCUT2D eigenvalue weighted by molar-refractivity contribution is 7.90. The van der Waals surface area contributed by atoms with Crippen LogP contribution in [-0.2, 0) is 16.4 Å². The Morgan fingerprint density at radius 1 is 1.17 bits per heavy atom. The van der Waals surface area contributed by atoms with Crippen LogP contribution in [0.15, 0.2) is 42.9 Å². The molecule has 3 atom stereocenters. The van der Waals surface area contributed by atoms with Crippen molar-refractivity contribution in [1.29, 1.82) is 5.26 Å². The van der Waals surface area contributed by atoms with Gasteiger partial charge in [-0.05, 0) is 48.9 Å². The summed E-state index contributed by atoms with van der Waals surface area (Å²) in [5.74, 6) is 2.00. The molecule has 4 heterocycles. The normalized spacial score (nSPS) is 17.9. The van der Waals surface area contributed by atoms with E-state index in [0.717, 1.165) is 16.5 Å². The first-order valence-electron chi connectivity index (χ1n) is 13.5. The van der Waals surface area contributed by atoms with Gasteiger partial charge in [0, 0.05) is 54.4 Å². The van der Waals surface area contributed by atoms with Crippen LogP contribution in [-0.4, -0.2) is 57.7 Å². The number of fused-ring (bicyclic) bond motifs is 1. The lowest BCUT2D eigenvalue weighted by Gasteiger charge is -2.48. The van der Waals surface area contributed by atoms with E-state index in [4.69, 9.17) is 21.8 Å². The molecule has 41 heavy (non-hydrogen) atoms. The molecule has 0 unspecified atom stereocenters. The van der Waals surface area contributed by atoms with Crippen LogP contribution in [0.5, 0.6) is 0 Å². The van der Waals surface area contributed by atoms with E-state index >= 15 is 0 Å². The Bertz CT molecular complexity index is 1750. The van der Waals surface area contributed by atoms with Crippen molar-refractivity contribution in [2.75, 3.05) is 28.8 Å². The summed E-state index contributed by atoms with van der Waals surface area (Å²) in [7, 11) is -3.03. The maximum Gasteiger partial charge on any atom is 0.166 e. The Balaban J connectivity index is 1.43. The third-order valence-electron chi connectivity index (χ3n) is 7.52. The molecule has 0 bridgehead atoms. The second-order valence-corrected chi connectivity index (χ2v) is 13.7. The summed E-state index contributed by atoms with van der Waals surface area (Å²) in [6, 6.07) is 10.4. The van der Waals surface area contributed by atoms with Crippen molar-refractivity contribution < 1.29 is 8.42 Å². The van der Waals surface area contributed by atoms with Gasteiger partial charge < -0.3 is 10.2 Å². The van der Waals surface area contributed by atoms with Gasteiger partial charge in [0.25, 0.3) is 0 Å². The summed E-state index contributed by atoms with van der Waals surface area (Å²) in [6.45, 7) is 9.34. The second kappa shape index (κ2) is 11.3. The molecule has 1 N–H and O–H groups in total. The summed E-state index contributed by atoms with van der Waals surface area (Å²) in [4.78, 5) is 16.0. The molecule has 0 radical (unpaired) electrons. The molecule has 0 spiro atoms. The third kappa shape index (κ3) is 6.14. The molecule has 1 aliphatic heterocycles. The van der Waals surface area contributed by atoms with Gasteiger partial charge in [0.05, 0.1) is 29.8 Å². The lowest BCUT2D eigenvalue weighted by atomic mass is 9.88. The van der Waals surface area contributed by atoms with E-state index in [2.05, 4.69) is 64.3 Å². The fraction of sp³-hybridized carbons (Fsp3) is 0.414. The molecule has 1 aliphatic rings. The van der Waals surface area contributed by atoms with Crippen molar-refractivity contribution in [2.45, 2.75) is 46.2 Å². The van der Waals surface area contributed by atoms with Crippen LogP contribution < -0.4 is 10.2 Å². The van der Waals surface area contributed by atoms with E-state index in [1.807, 2.05) is 19.2 Å². The van der Waals surface area contributed by atoms with Crippen LogP contribution >= 0.6 is 11.6 Å². The van der Waals surface area contributed by atoms with Gasteiger partial charge in [0.2, 0.25) is 0 Å². The smallest absolute Gasteiger partial charge is 0.166 e. The van der Waals surface area contributed by atoms with Crippen molar-refractivity contribution in [3.63, 3.8) is 0 Å². The first kappa shape index (κ1) is 28.8. The van der Waals surface area contributed by atoms with Gasteiger partial charge in [-0.3, -0.25) is 4.68 Å². The number of hydrogen-bond donors (Lipinski definition) is 1. The minimum Gasteiger partial charge on any atom is -0.368 e. The predicted molar refractivity (Wildman–Crippen MR) is 162 cm³/mol. The lowest BCUT2D eigenvalue weighted by molar-refractivity contribution is 0.342. The van der Waals surface area contributed by atoms with E-state index in [1.165, 1.54) is 11.8 Å². The molecule has 10 nitrogen and oxygen atoms in total. The average molecular weight is 593 g/mol. The zero-order valence-electron chi connectivity index (χ0n) is 23.7. The summed E-state index contributed by atoms with van der Waals surface area (Å²) in [5.41, 5.74) is 2.84. The zero-order chi connectivity index (χ0) is 29.5. The van der Waals surface area contributed by atoms with Gasteiger partial charge in [-0.15, -0.1) is 0 Å². The Hall–Kier alpha value is -3.75. The quantitative estimate of drug-likeness (QED) is 0.270. The van der Waals surface area contributed by atoms with Crippen molar-refractivity contribution in [3.8, 4) is 17.5 Å². The van der Waals surface area contributed by atoms with Crippen molar-refractivity contribution in [1.82, 2.24) is 24.7 Å². The van der Waals surface area contributed by atoms with Gasteiger partial charge in [-0.2, -0.15) is 10.4 Å². The van der Waals surface area contributed by atoms with Gasteiger partial charge in [-0.25, -0.2) is 23.4 Å². The molecule has 1 fully saturated rings. The molecule has 214 valence electrons. The summed E-state index contributed by atoms with van der Waals surface area (Å²) >= 11 is 6.38. The van der Waals surface area contributed by atoms with Crippen molar-refractivity contribution >= 4 is 49.5 Å². The number of nitrogens with zero attached hydrogens (tertiary/aromatic N) is 7. The van der Waals surface area contributed by atoms with Crippen LogP contribution in [0.2, 0.25) is 5.15 Å². The molecule has 0 amide bonds. The van der Waals surface area contributed by atoms with E-state index in [1.54, 1.807) is 23.1 Å². The highest BCUT2D eigenvalue weighted by Gasteiger charge is 2.38. The molecule has 4 aromatic rings. The number of hydrogen-bond acceptors (Lipinski definition) is 9. The molecule has 1 saturated heterocycles. The zero-order valence-corrected chi connectivity index (χ0v) is 25.3. The number of nitriles is 1. The fourth-order valence-electron chi connectivity index (χ4n) is 5.31. The van der Waals surface area contributed by atoms with Crippen LogP contribution in [0.25, 0.3) is 22.2 Å². The van der Waals surface area contributed by atoms with Gasteiger partial charge in [-0.1, -0.05) is 31.5 Å². The largest absolute Gasteiger partial charge is 0.368 e. The molecule has 0 saturated carbocycles. The molecular formula is C29H33ClN8O2S. The van der Waals surface area contributed by atoms with E-state index in [-0.39, 0.29) is 28.8 Å². The average Bonchev–Trinajstić information content (AvgIpc) is 3.29. The fourth-order valence-corrected chi connectivity index (χ4v) is 6.70. The van der Waals surface area contributed by atoms with Gasteiger partial charge >= 0.3 is 0 Å². The standard InChI is InChI=1S/C29H33ClN8O2S/c1-17(2)21-6-7-25(38-14-20(19(38)4)16-41(5,39)40)23-12-33-27(10-22(21)23)34-26-8-9-32-29(35-26)24-15-37(36-28(24)30)13-18(3)11-31/h6-10,12,15,17-20H,13-14,16H2,1-5H3,(H,32,33,34,35)/t18-,19+,20+/m0/s1. The summed E-state index contributed by atoms with van der Waals surface area (Å²) < 4.78 is 25.3. The Kier molecular flexibility index (Phi) is 7.90. The van der Waals surface area contributed by atoms with E-state index < -0.39 is 9.84 Å². The van der Waals surface area contributed by atoms with Crippen molar-refractivity contribution in [3.05, 3.63) is 53.6 Å². The SMILES string of the molecule is CC(C)c1ccc(N2C[C@H](CS(C)(=O)=O)[C@H]2C)c2cnc(Nc3ccnc(-c4cn(C[C@@H](C)C#N)nc4Cl)n3)cc12. The number of nitrogens with one attached hydrogen (secondary N) is 1. The number of halogens is 1. The Morgan fingerprint density at radius 3 is 2.63 bits per heavy atom. The van der Waals surface area contributed by atoms with Crippen molar-refractivity contribution in [2.24, 2.45) is 11.8 Å². The van der Waals surface area contributed by atoms with Crippen LogP contribution in [0.4, 0.5) is 17.3 Å². The number of benzene rings is 1. The second-order valence-electron chi connectivity index (χ2n) is 11.2. The lowest BCUT2D eigenvalue weighted by Crippen LogP contribution is -2.57. The monoisotopic (exact) mass is 592 g/mol. The predicted octanol–water partition coefficient (Wildman–Crippen LogP) is 5.44. The maximum atomic E-state index is 11.8. The topological polar surface area (TPSA) is 130 Å². The number of rotatable bonds is 9. The Morgan fingerprint density at radius 2 is 1.95 bits per heavy atom. The molecular weight excluding hydrogens is 560 g/mol. The third-order valence-corrected chi connectivity index (χ3v) is 8.83. The first-order chi connectivity index (χ1) is 19.4. The molecule has 3 aromatic heterocycles. The van der Waals surface area contributed by atoms with Crippen LogP contribution in [0.1, 0.15) is 39.2 Å². The van der Waals surface area contributed by atoms with E-state index in [0.29, 0.717) is 42.0 Å². The molecule has 1 aromatic carbocycles. The Labute approximate surface area is 245 Å². The number of anilines is 3. The highest BCUT2D eigenvalue weighted by Crippen LogP contribution is 2.39. The summed E-state index contributed by atoms with van der Waals surface area (Å²) in [6.07, 6.45) is 6.56. The molecule has 12 heteroatoms. The number of sulfone groups is 1. The highest BCUT2D eigenvalue weighted by atomic mass is 35.5. The first-order valence-corrected chi connectivity index (χ1v) is 16.0. The molecule has 5 rings (SSSR count). The molecule has 0 aliphatic carbocycles. The number of aromatic nitrogens is 5. The minimum atomic E-state index is -3.03. The summed E-state index contributed by atoms with van der Waals surface area (Å²) in [5, 5.41) is 19.1. The minimum absolute atomic E-state index is 0.112. The van der Waals surface area contributed by atoms with Gasteiger partial charge in [0.15, 0.2) is 11.0 Å². The number of pyridine rings is 1.